The fourth-order valence-corrected chi connectivity index (χ4v) is 2.42. The number of hydrogen-bond acceptors (Lipinski definition) is 4. The number of nitrogens with zero attached hydrogens (tertiary/aromatic N) is 3. The number of halogens is 1. The summed E-state index contributed by atoms with van der Waals surface area (Å²) in [6.45, 7) is 4.99. The predicted molar refractivity (Wildman–Crippen MR) is 77.4 cm³/mol. The van der Waals surface area contributed by atoms with Crippen LogP contribution in [0.1, 0.15) is 19.8 Å². The molecule has 0 aliphatic carbocycles. The Bertz CT molecular complexity index is 458. The van der Waals surface area contributed by atoms with Crippen LogP contribution in [0.15, 0.2) is 12.3 Å². The molecule has 1 saturated heterocycles. The molecule has 1 aromatic rings. The fraction of sp³-hybridized carbons (Fsp3) is 0.538. The number of carbonyl (C=O) groups excluding carboxylic acids is 1. The van der Waals surface area contributed by atoms with Crippen molar-refractivity contribution in [3.8, 4) is 0 Å². The van der Waals surface area contributed by atoms with Crippen molar-refractivity contribution < 1.29 is 4.79 Å². The van der Waals surface area contributed by atoms with E-state index in [4.69, 9.17) is 17.3 Å². The lowest BCUT2D eigenvalue weighted by Gasteiger charge is -2.35. The van der Waals surface area contributed by atoms with Gasteiger partial charge in [0, 0.05) is 38.8 Å². The van der Waals surface area contributed by atoms with Crippen LogP contribution in [0.5, 0.6) is 0 Å². The molecular weight excluding hydrogens is 264 g/mol. The number of rotatable bonds is 3. The monoisotopic (exact) mass is 282 g/mol. The van der Waals surface area contributed by atoms with Crippen LogP contribution in [0.25, 0.3) is 0 Å². The Balaban J connectivity index is 1.98. The molecule has 2 rings (SSSR count). The van der Waals surface area contributed by atoms with Crippen LogP contribution in [0.2, 0.25) is 5.02 Å². The van der Waals surface area contributed by atoms with Gasteiger partial charge in [-0.05, 0) is 12.5 Å². The molecule has 0 radical (unpaired) electrons. The topological polar surface area (TPSA) is 62.5 Å². The molecule has 0 unspecified atom stereocenters. The first-order valence-corrected chi connectivity index (χ1v) is 6.93. The number of amides is 1. The summed E-state index contributed by atoms with van der Waals surface area (Å²) in [7, 11) is 0. The maximum atomic E-state index is 11.8. The summed E-state index contributed by atoms with van der Waals surface area (Å²) in [5, 5.41) is 0.540. The molecule has 2 N–H and O–H groups in total. The third kappa shape index (κ3) is 3.29. The zero-order valence-corrected chi connectivity index (χ0v) is 11.9. The predicted octanol–water partition coefficient (Wildman–Crippen LogP) is 1.77. The minimum Gasteiger partial charge on any atom is -0.396 e. The van der Waals surface area contributed by atoms with E-state index < -0.39 is 0 Å². The van der Waals surface area contributed by atoms with Gasteiger partial charge in [-0.3, -0.25) is 4.79 Å². The highest BCUT2D eigenvalue weighted by Gasteiger charge is 2.22. The Morgan fingerprint density at radius 1 is 1.42 bits per heavy atom. The first-order chi connectivity index (χ1) is 9.11. The van der Waals surface area contributed by atoms with Gasteiger partial charge in [0.1, 0.15) is 0 Å². The molecule has 1 amide bonds. The highest BCUT2D eigenvalue weighted by atomic mass is 35.5. The SMILES string of the molecule is CCCC(=O)N1CCN(c2ncc(Cl)cc2N)CC1. The van der Waals surface area contributed by atoms with Crippen LogP contribution in [-0.2, 0) is 4.79 Å². The van der Waals surface area contributed by atoms with Crippen molar-refractivity contribution in [1.82, 2.24) is 9.88 Å². The highest BCUT2D eigenvalue weighted by molar-refractivity contribution is 6.30. The van der Waals surface area contributed by atoms with Crippen LogP contribution in [0, 0.1) is 0 Å². The Kier molecular flexibility index (Phi) is 4.47. The molecule has 0 spiro atoms. The van der Waals surface area contributed by atoms with Crippen molar-refractivity contribution in [2.24, 2.45) is 0 Å². The first kappa shape index (κ1) is 13.9. The molecular formula is C13H19ClN4O. The number of piperazine rings is 1. The summed E-state index contributed by atoms with van der Waals surface area (Å²) in [5.41, 5.74) is 6.51. The summed E-state index contributed by atoms with van der Waals surface area (Å²) in [4.78, 5) is 20.1. The molecule has 1 aliphatic heterocycles. The lowest BCUT2D eigenvalue weighted by atomic mass is 10.2. The molecule has 0 aromatic carbocycles. The second kappa shape index (κ2) is 6.10. The molecule has 1 aromatic heterocycles. The van der Waals surface area contributed by atoms with Crippen molar-refractivity contribution >= 4 is 29.0 Å². The smallest absolute Gasteiger partial charge is 0.222 e. The third-order valence-corrected chi connectivity index (χ3v) is 3.46. The lowest BCUT2D eigenvalue weighted by molar-refractivity contribution is -0.131. The van der Waals surface area contributed by atoms with Crippen LogP contribution < -0.4 is 10.6 Å². The van der Waals surface area contributed by atoms with Gasteiger partial charge >= 0.3 is 0 Å². The normalized spacial score (nSPS) is 15.7. The Hall–Kier alpha value is -1.49. The summed E-state index contributed by atoms with van der Waals surface area (Å²) in [6.07, 6.45) is 3.12. The van der Waals surface area contributed by atoms with Crippen molar-refractivity contribution in [3.63, 3.8) is 0 Å². The molecule has 0 saturated carbocycles. The van der Waals surface area contributed by atoms with E-state index in [2.05, 4.69) is 9.88 Å². The van der Waals surface area contributed by atoms with Gasteiger partial charge in [-0.15, -0.1) is 0 Å². The van der Waals surface area contributed by atoms with Crippen LogP contribution in [-0.4, -0.2) is 42.0 Å². The minimum atomic E-state index is 0.235. The second-order valence-corrected chi connectivity index (χ2v) is 5.12. The van der Waals surface area contributed by atoms with Crippen LogP contribution >= 0.6 is 11.6 Å². The molecule has 2 heterocycles. The molecule has 1 aliphatic rings. The van der Waals surface area contributed by atoms with Gasteiger partial charge in [0.15, 0.2) is 5.82 Å². The quantitative estimate of drug-likeness (QED) is 0.918. The number of nitrogens with two attached hydrogens (primary N) is 1. The maximum absolute atomic E-state index is 11.8. The second-order valence-electron chi connectivity index (χ2n) is 4.68. The molecule has 0 bridgehead atoms. The summed E-state index contributed by atoms with van der Waals surface area (Å²) in [5.74, 6) is 0.992. The summed E-state index contributed by atoms with van der Waals surface area (Å²) in [6, 6.07) is 1.71. The summed E-state index contributed by atoms with van der Waals surface area (Å²) >= 11 is 5.84. The van der Waals surface area contributed by atoms with Gasteiger partial charge in [0.2, 0.25) is 5.91 Å². The van der Waals surface area contributed by atoms with Gasteiger partial charge in [0.05, 0.1) is 10.7 Å². The van der Waals surface area contributed by atoms with Crippen molar-refractivity contribution in [2.45, 2.75) is 19.8 Å². The fourth-order valence-electron chi connectivity index (χ4n) is 2.25. The number of anilines is 2. The third-order valence-electron chi connectivity index (χ3n) is 3.26. The minimum absolute atomic E-state index is 0.235. The Morgan fingerprint density at radius 2 is 2.11 bits per heavy atom. The standard InChI is InChI=1S/C13H19ClN4O/c1-2-3-12(19)17-4-6-18(7-5-17)13-11(15)8-10(14)9-16-13/h8-9H,2-7,15H2,1H3. The Labute approximate surface area is 118 Å². The molecule has 1 fully saturated rings. The number of hydrogen-bond donors (Lipinski definition) is 1. The van der Waals surface area contributed by atoms with Gasteiger partial charge in [0.25, 0.3) is 0 Å². The van der Waals surface area contributed by atoms with Crippen molar-refractivity contribution in [3.05, 3.63) is 17.3 Å². The van der Waals surface area contributed by atoms with E-state index in [1.54, 1.807) is 12.3 Å². The van der Waals surface area contributed by atoms with E-state index >= 15 is 0 Å². The van der Waals surface area contributed by atoms with Gasteiger partial charge in [-0.25, -0.2) is 4.98 Å². The van der Waals surface area contributed by atoms with Gasteiger partial charge in [-0.2, -0.15) is 0 Å². The van der Waals surface area contributed by atoms with E-state index in [1.807, 2.05) is 11.8 Å². The van der Waals surface area contributed by atoms with E-state index in [-0.39, 0.29) is 5.91 Å². The zero-order valence-electron chi connectivity index (χ0n) is 11.1. The van der Waals surface area contributed by atoms with Gasteiger partial charge in [-0.1, -0.05) is 18.5 Å². The largest absolute Gasteiger partial charge is 0.396 e. The van der Waals surface area contributed by atoms with Crippen LogP contribution in [0.3, 0.4) is 0 Å². The van der Waals surface area contributed by atoms with E-state index in [1.165, 1.54) is 0 Å². The molecule has 5 nitrogen and oxygen atoms in total. The zero-order chi connectivity index (χ0) is 13.8. The van der Waals surface area contributed by atoms with E-state index in [0.717, 1.165) is 38.4 Å². The molecule has 0 atom stereocenters. The lowest BCUT2D eigenvalue weighted by Crippen LogP contribution is -2.49. The van der Waals surface area contributed by atoms with Crippen molar-refractivity contribution in [2.75, 3.05) is 36.8 Å². The average Bonchev–Trinajstić information content (AvgIpc) is 2.39. The van der Waals surface area contributed by atoms with Crippen molar-refractivity contribution in [1.29, 1.82) is 0 Å². The molecule has 104 valence electrons. The number of pyridine rings is 1. The van der Waals surface area contributed by atoms with Gasteiger partial charge < -0.3 is 15.5 Å². The molecule has 6 heteroatoms. The number of carbonyl (C=O) groups is 1. The Morgan fingerprint density at radius 3 is 2.68 bits per heavy atom. The highest BCUT2D eigenvalue weighted by Crippen LogP contribution is 2.24. The summed E-state index contributed by atoms with van der Waals surface area (Å²) < 4.78 is 0. The maximum Gasteiger partial charge on any atom is 0.222 e. The van der Waals surface area contributed by atoms with E-state index in [0.29, 0.717) is 17.1 Å². The van der Waals surface area contributed by atoms with Crippen LogP contribution in [0.4, 0.5) is 11.5 Å². The molecule has 19 heavy (non-hydrogen) atoms. The number of nitrogen functional groups attached to an aromatic ring is 1. The van der Waals surface area contributed by atoms with E-state index in [9.17, 15) is 4.79 Å². The average molecular weight is 283 g/mol. The number of aromatic nitrogens is 1. The first-order valence-electron chi connectivity index (χ1n) is 6.55.